The van der Waals surface area contributed by atoms with E-state index in [1.807, 2.05) is 11.3 Å². The molecule has 0 radical (unpaired) electrons. The second-order valence-electron chi connectivity index (χ2n) is 16.1. The van der Waals surface area contributed by atoms with Crippen LogP contribution in [0.1, 0.15) is 23.6 Å². The molecule has 288 valence electrons. The summed E-state index contributed by atoms with van der Waals surface area (Å²) in [5.41, 5.74) is 11.2. The highest BCUT2D eigenvalue weighted by Crippen LogP contribution is 2.57. The van der Waals surface area contributed by atoms with Gasteiger partial charge in [-0.2, -0.15) is 0 Å². The van der Waals surface area contributed by atoms with Crippen LogP contribution in [0, 0.1) is 0 Å². The molecule has 1 aromatic heterocycles. The molecule has 0 saturated heterocycles. The molecule has 11 aromatic rings. The Morgan fingerprint density at radius 2 is 0.918 bits per heavy atom. The molecule has 12 rings (SSSR count). The van der Waals surface area contributed by atoms with E-state index >= 15 is 0 Å². The summed E-state index contributed by atoms with van der Waals surface area (Å²) >= 11 is 1.86. The second-order valence-corrected chi connectivity index (χ2v) is 17.2. The van der Waals surface area contributed by atoms with Crippen molar-refractivity contribution in [1.29, 1.82) is 0 Å². The zero-order chi connectivity index (χ0) is 40.5. The van der Waals surface area contributed by atoms with Gasteiger partial charge in [0.1, 0.15) is 11.5 Å². The summed E-state index contributed by atoms with van der Waals surface area (Å²) in [5, 5.41) is 7.15. The van der Waals surface area contributed by atoms with Crippen molar-refractivity contribution in [2.24, 2.45) is 0 Å². The molecule has 0 N–H and O–H groups in total. The van der Waals surface area contributed by atoms with Crippen LogP contribution in [0.2, 0.25) is 0 Å². The monoisotopic (exact) mass is 797 g/mol. The van der Waals surface area contributed by atoms with Crippen molar-refractivity contribution >= 4 is 70.1 Å². The molecule has 1 aliphatic rings. The Kier molecular flexibility index (Phi) is 8.19. The Balaban J connectivity index is 1.02. The Morgan fingerprint density at radius 1 is 0.393 bits per heavy atom. The Morgan fingerprint density at radius 3 is 1.59 bits per heavy atom. The quantitative estimate of drug-likeness (QED) is 0.166. The molecular formula is C58H39NOS. The van der Waals surface area contributed by atoms with Gasteiger partial charge in [0.25, 0.3) is 0 Å². The van der Waals surface area contributed by atoms with Gasteiger partial charge >= 0.3 is 0 Å². The van der Waals surface area contributed by atoms with E-state index in [1.165, 1.54) is 70.0 Å². The van der Waals surface area contributed by atoms with Crippen molar-refractivity contribution in [3.8, 4) is 33.8 Å². The number of rotatable bonds is 6. The van der Waals surface area contributed by atoms with Crippen LogP contribution in [0.5, 0.6) is 11.5 Å². The van der Waals surface area contributed by atoms with Crippen molar-refractivity contribution in [3.05, 3.63) is 235 Å². The van der Waals surface area contributed by atoms with Crippen LogP contribution in [0.15, 0.2) is 218 Å². The van der Waals surface area contributed by atoms with E-state index < -0.39 is 5.41 Å². The lowest BCUT2D eigenvalue weighted by Crippen LogP contribution is -2.30. The Labute approximate surface area is 359 Å². The molecule has 0 bridgehead atoms. The number of fused-ring (bicyclic) bond motifs is 9. The van der Waals surface area contributed by atoms with Crippen molar-refractivity contribution in [1.82, 2.24) is 0 Å². The summed E-state index contributed by atoms with van der Waals surface area (Å²) in [5.74, 6) is 1.86. The van der Waals surface area contributed by atoms with E-state index in [0.29, 0.717) is 0 Å². The summed E-state index contributed by atoms with van der Waals surface area (Å²) < 4.78 is 9.64. The van der Waals surface area contributed by atoms with Gasteiger partial charge in [0.15, 0.2) is 0 Å². The van der Waals surface area contributed by atoms with E-state index in [-0.39, 0.29) is 0 Å². The van der Waals surface area contributed by atoms with Crippen LogP contribution < -0.4 is 9.64 Å². The Bertz CT molecular complexity index is 3370. The minimum absolute atomic E-state index is 0.518. The SMILES string of the molecule is CC1(c2ccccc2-c2ccc(N(c3ccc(-c4ccccc4)cc3)c3cccc4c3sc3ccccc34)cc2)c2ccc3ccccc3c2Oc2c1ccc1ccccc21. The van der Waals surface area contributed by atoms with Gasteiger partial charge in [0, 0.05) is 48.7 Å². The Hall–Kier alpha value is -7.46. The molecule has 0 spiro atoms. The highest BCUT2D eigenvalue weighted by Gasteiger charge is 2.42. The third kappa shape index (κ3) is 5.62. The lowest BCUT2D eigenvalue weighted by Gasteiger charge is -2.40. The average Bonchev–Trinajstić information content (AvgIpc) is 3.72. The first-order chi connectivity index (χ1) is 30.1. The molecule has 0 unspecified atom stereocenters. The largest absolute Gasteiger partial charge is 0.455 e. The zero-order valence-electron chi connectivity index (χ0n) is 33.5. The van der Waals surface area contributed by atoms with Crippen molar-refractivity contribution in [3.63, 3.8) is 0 Å². The number of hydrogen-bond acceptors (Lipinski definition) is 3. The van der Waals surface area contributed by atoms with E-state index in [9.17, 15) is 0 Å². The van der Waals surface area contributed by atoms with Crippen LogP contribution in [0.3, 0.4) is 0 Å². The zero-order valence-corrected chi connectivity index (χ0v) is 34.4. The molecule has 1 aliphatic heterocycles. The smallest absolute Gasteiger partial charge is 0.139 e. The van der Waals surface area contributed by atoms with E-state index in [1.54, 1.807) is 0 Å². The minimum Gasteiger partial charge on any atom is -0.455 e. The lowest BCUT2D eigenvalue weighted by molar-refractivity contribution is 0.438. The fourth-order valence-electron chi connectivity index (χ4n) is 9.76. The van der Waals surface area contributed by atoms with Crippen LogP contribution in [-0.4, -0.2) is 0 Å². The maximum absolute atomic E-state index is 7.07. The molecule has 0 atom stereocenters. The van der Waals surface area contributed by atoms with Crippen LogP contribution in [-0.2, 0) is 5.41 Å². The van der Waals surface area contributed by atoms with Gasteiger partial charge in [-0.3, -0.25) is 0 Å². The fourth-order valence-corrected chi connectivity index (χ4v) is 11.0. The number of thiophene rings is 1. The highest BCUT2D eigenvalue weighted by atomic mass is 32.1. The topological polar surface area (TPSA) is 12.5 Å². The van der Waals surface area contributed by atoms with Gasteiger partial charge in [-0.05, 0) is 81.9 Å². The summed E-state index contributed by atoms with van der Waals surface area (Å²) in [6, 6.07) is 79.4. The van der Waals surface area contributed by atoms with Crippen molar-refractivity contribution < 1.29 is 4.74 Å². The van der Waals surface area contributed by atoms with Crippen molar-refractivity contribution in [2.75, 3.05) is 4.90 Å². The van der Waals surface area contributed by atoms with Crippen LogP contribution in [0.4, 0.5) is 17.1 Å². The summed E-state index contributed by atoms with van der Waals surface area (Å²) in [4.78, 5) is 2.42. The van der Waals surface area contributed by atoms with Crippen molar-refractivity contribution in [2.45, 2.75) is 12.3 Å². The van der Waals surface area contributed by atoms with E-state index in [0.717, 1.165) is 39.2 Å². The number of ether oxygens (including phenoxy) is 1. The first-order valence-electron chi connectivity index (χ1n) is 20.9. The standard InChI is InChI=1S/C58H39NOS/c1-58(51-36-30-40-16-5-7-19-46(40)55(51)60-56-47-20-8-6-17-41(47)31-37-52(56)58)50-23-11-9-18-45(50)42-28-34-44(35-29-42)59(43-32-26-39(27-33-43)38-14-3-2-4-15-38)53-24-13-22-49-48-21-10-12-25-54(48)61-57(49)53/h2-37H,1H3. The maximum Gasteiger partial charge on any atom is 0.139 e. The number of hydrogen-bond donors (Lipinski definition) is 0. The normalized spacial score (nSPS) is 12.9. The number of nitrogens with zero attached hydrogens (tertiary/aromatic N) is 1. The first-order valence-corrected chi connectivity index (χ1v) is 21.7. The minimum atomic E-state index is -0.518. The summed E-state index contributed by atoms with van der Waals surface area (Å²) in [7, 11) is 0. The van der Waals surface area contributed by atoms with Crippen LogP contribution in [0.25, 0.3) is 64.0 Å². The van der Waals surface area contributed by atoms with Gasteiger partial charge in [-0.25, -0.2) is 0 Å². The van der Waals surface area contributed by atoms with Gasteiger partial charge < -0.3 is 9.64 Å². The van der Waals surface area contributed by atoms with Gasteiger partial charge in [0.2, 0.25) is 0 Å². The third-order valence-corrected chi connectivity index (χ3v) is 14.0. The fraction of sp³-hybridized carbons (Fsp3) is 0.0345. The number of anilines is 3. The van der Waals surface area contributed by atoms with Gasteiger partial charge in [-0.15, -0.1) is 11.3 Å². The first kappa shape index (κ1) is 35.5. The predicted octanol–water partition coefficient (Wildman–Crippen LogP) is 16.6. The molecule has 0 amide bonds. The second kappa shape index (κ2) is 14.1. The molecule has 3 heteroatoms. The molecule has 61 heavy (non-hydrogen) atoms. The summed E-state index contributed by atoms with van der Waals surface area (Å²) in [6.45, 7) is 2.39. The van der Waals surface area contributed by atoms with Gasteiger partial charge in [0.05, 0.1) is 15.8 Å². The molecule has 2 heterocycles. The molecule has 0 fully saturated rings. The highest BCUT2D eigenvalue weighted by molar-refractivity contribution is 7.26. The summed E-state index contributed by atoms with van der Waals surface area (Å²) in [6.07, 6.45) is 0. The third-order valence-electron chi connectivity index (χ3n) is 12.8. The lowest BCUT2D eigenvalue weighted by atomic mass is 9.66. The molecular weight excluding hydrogens is 759 g/mol. The van der Waals surface area contributed by atoms with E-state index in [4.69, 9.17) is 4.74 Å². The number of benzene rings is 10. The molecule has 10 aromatic carbocycles. The van der Waals surface area contributed by atoms with E-state index in [2.05, 4.69) is 230 Å². The maximum atomic E-state index is 7.07. The molecule has 0 aliphatic carbocycles. The molecule has 0 saturated carbocycles. The molecule has 2 nitrogen and oxygen atoms in total. The average molecular weight is 798 g/mol. The predicted molar refractivity (Wildman–Crippen MR) is 258 cm³/mol. The van der Waals surface area contributed by atoms with Crippen LogP contribution >= 0.6 is 11.3 Å². The van der Waals surface area contributed by atoms with Gasteiger partial charge in [-0.1, -0.05) is 182 Å².